The summed E-state index contributed by atoms with van der Waals surface area (Å²) < 4.78 is 1.43. The number of carbonyl (C=O) groups is 1. The lowest BCUT2D eigenvalue weighted by Gasteiger charge is -2.12. The van der Waals surface area contributed by atoms with Gasteiger partial charge in [0.25, 0.3) is 0 Å². The third-order valence-electron chi connectivity index (χ3n) is 2.99. The molecule has 0 spiro atoms. The van der Waals surface area contributed by atoms with E-state index in [0.29, 0.717) is 21.7 Å². The smallest absolute Gasteiger partial charge is 0.237 e. The van der Waals surface area contributed by atoms with E-state index in [9.17, 15) is 4.79 Å². The number of hydrogen-bond acceptors (Lipinski definition) is 5. The molecule has 1 aromatic carbocycles. The van der Waals surface area contributed by atoms with Crippen molar-refractivity contribution in [2.45, 2.75) is 37.1 Å². The molecule has 6 nitrogen and oxygen atoms in total. The first-order valence-corrected chi connectivity index (χ1v) is 8.08. The zero-order valence-corrected chi connectivity index (χ0v) is 14.1. The van der Waals surface area contributed by atoms with E-state index in [1.165, 1.54) is 16.4 Å². The van der Waals surface area contributed by atoms with Crippen LogP contribution in [0.2, 0.25) is 5.02 Å². The lowest BCUT2D eigenvalue weighted by Crippen LogP contribution is -2.24. The Labute approximate surface area is 138 Å². The van der Waals surface area contributed by atoms with Crippen LogP contribution in [0.15, 0.2) is 29.4 Å². The number of amides is 1. The number of nitrogens with zero attached hydrogens (tertiary/aromatic N) is 3. The molecular weight excluding hydrogens is 322 g/mol. The molecule has 1 aromatic heterocycles. The SMILES string of the molecule is CC(C)c1nnc(S[C@H](C)C(=O)Nc2ccccc2Cl)n1N. The largest absolute Gasteiger partial charge is 0.336 e. The van der Waals surface area contributed by atoms with Crippen molar-refractivity contribution >= 4 is 35.0 Å². The van der Waals surface area contributed by atoms with Gasteiger partial charge < -0.3 is 11.2 Å². The van der Waals surface area contributed by atoms with Gasteiger partial charge >= 0.3 is 0 Å². The summed E-state index contributed by atoms with van der Waals surface area (Å²) >= 11 is 7.28. The van der Waals surface area contributed by atoms with Crippen LogP contribution in [0.3, 0.4) is 0 Å². The molecule has 0 bridgehead atoms. The van der Waals surface area contributed by atoms with Crippen LogP contribution in [-0.4, -0.2) is 26.0 Å². The summed E-state index contributed by atoms with van der Waals surface area (Å²) in [7, 11) is 0. The molecule has 2 aromatic rings. The first-order chi connectivity index (χ1) is 10.4. The molecule has 3 N–H and O–H groups in total. The predicted molar refractivity (Wildman–Crippen MR) is 89.7 cm³/mol. The highest BCUT2D eigenvalue weighted by atomic mass is 35.5. The molecule has 118 valence electrons. The van der Waals surface area contributed by atoms with Crippen LogP contribution in [0.1, 0.15) is 32.5 Å². The van der Waals surface area contributed by atoms with E-state index in [4.69, 9.17) is 17.4 Å². The van der Waals surface area contributed by atoms with Crippen molar-refractivity contribution in [3.05, 3.63) is 35.1 Å². The molecule has 2 rings (SSSR count). The average molecular weight is 340 g/mol. The molecule has 1 amide bonds. The van der Waals surface area contributed by atoms with E-state index in [2.05, 4.69) is 15.5 Å². The summed E-state index contributed by atoms with van der Waals surface area (Å²) in [4.78, 5) is 12.2. The Morgan fingerprint density at radius 3 is 2.59 bits per heavy atom. The Morgan fingerprint density at radius 2 is 2.00 bits per heavy atom. The van der Waals surface area contributed by atoms with Gasteiger partial charge in [-0.3, -0.25) is 4.79 Å². The van der Waals surface area contributed by atoms with E-state index in [-0.39, 0.29) is 17.1 Å². The number of nitrogen functional groups attached to an aromatic ring is 1. The molecule has 1 atom stereocenters. The number of anilines is 1. The Bertz CT molecular complexity index is 673. The Balaban J connectivity index is 2.04. The molecule has 0 radical (unpaired) electrons. The van der Waals surface area contributed by atoms with Crippen LogP contribution < -0.4 is 11.2 Å². The summed E-state index contributed by atoms with van der Waals surface area (Å²) in [5.74, 6) is 6.62. The summed E-state index contributed by atoms with van der Waals surface area (Å²) in [6, 6.07) is 7.09. The number of hydrogen-bond donors (Lipinski definition) is 2. The van der Waals surface area contributed by atoms with Gasteiger partial charge in [0.2, 0.25) is 11.1 Å². The number of nitrogens with two attached hydrogens (primary N) is 1. The fourth-order valence-corrected chi connectivity index (χ4v) is 2.73. The fraction of sp³-hybridized carbons (Fsp3) is 0.357. The highest BCUT2D eigenvalue weighted by Gasteiger charge is 2.20. The first-order valence-electron chi connectivity index (χ1n) is 6.82. The van der Waals surface area contributed by atoms with Gasteiger partial charge in [0, 0.05) is 5.92 Å². The Hall–Kier alpha value is -1.73. The Morgan fingerprint density at radius 1 is 1.32 bits per heavy atom. The second kappa shape index (κ2) is 7.02. The monoisotopic (exact) mass is 339 g/mol. The van der Waals surface area contributed by atoms with Crippen molar-refractivity contribution in [2.75, 3.05) is 11.2 Å². The molecule has 0 saturated heterocycles. The van der Waals surface area contributed by atoms with Crippen molar-refractivity contribution < 1.29 is 4.79 Å². The van der Waals surface area contributed by atoms with Gasteiger partial charge in [0.05, 0.1) is 16.0 Å². The number of nitrogens with one attached hydrogen (secondary N) is 1. The molecule has 0 unspecified atom stereocenters. The molecular formula is C14H18ClN5OS. The number of benzene rings is 1. The minimum absolute atomic E-state index is 0.166. The second-order valence-corrected chi connectivity index (χ2v) is 6.81. The number of carbonyl (C=O) groups excluding carboxylic acids is 1. The number of rotatable bonds is 5. The minimum atomic E-state index is -0.386. The first kappa shape index (κ1) is 16.6. The topological polar surface area (TPSA) is 85.8 Å². The van der Waals surface area contributed by atoms with Crippen LogP contribution in [0.5, 0.6) is 0 Å². The van der Waals surface area contributed by atoms with E-state index in [1.54, 1.807) is 25.1 Å². The molecule has 1 heterocycles. The van der Waals surface area contributed by atoms with Gasteiger partial charge in [-0.1, -0.05) is 49.3 Å². The molecule has 8 heteroatoms. The number of halogens is 1. The zero-order valence-electron chi connectivity index (χ0n) is 12.6. The van der Waals surface area contributed by atoms with Gasteiger partial charge in [-0.15, -0.1) is 10.2 Å². The summed E-state index contributed by atoms with van der Waals surface area (Å²) in [5.41, 5.74) is 0.582. The van der Waals surface area contributed by atoms with Crippen LogP contribution >= 0.6 is 23.4 Å². The van der Waals surface area contributed by atoms with E-state index in [1.807, 2.05) is 19.9 Å². The molecule has 0 fully saturated rings. The fourth-order valence-electron chi connectivity index (χ4n) is 1.77. The van der Waals surface area contributed by atoms with Crippen LogP contribution in [0.4, 0.5) is 5.69 Å². The minimum Gasteiger partial charge on any atom is -0.336 e. The van der Waals surface area contributed by atoms with Crippen molar-refractivity contribution in [1.82, 2.24) is 14.9 Å². The van der Waals surface area contributed by atoms with Gasteiger partial charge in [0.1, 0.15) is 0 Å². The Kier molecular flexibility index (Phi) is 5.31. The van der Waals surface area contributed by atoms with Crippen molar-refractivity contribution in [3.63, 3.8) is 0 Å². The lowest BCUT2D eigenvalue weighted by molar-refractivity contribution is -0.115. The summed E-state index contributed by atoms with van der Waals surface area (Å²) in [5, 5.41) is 11.5. The van der Waals surface area contributed by atoms with E-state index in [0.717, 1.165) is 0 Å². The van der Waals surface area contributed by atoms with Crippen LogP contribution in [0, 0.1) is 0 Å². The van der Waals surface area contributed by atoms with Gasteiger partial charge in [0.15, 0.2) is 5.82 Å². The van der Waals surface area contributed by atoms with E-state index >= 15 is 0 Å². The summed E-state index contributed by atoms with van der Waals surface area (Å²) in [6.07, 6.45) is 0. The van der Waals surface area contributed by atoms with Gasteiger partial charge in [-0.25, -0.2) is 4.68 Å². The second-order valence-electron chi connectivity index (χ2n) is 5.09. The van der Waals surface area contributed by atoms with Crippen LogP contribution in [0.25, 0.3) is 0 Å². The van der Waals surface area contributed by atoms with Crippen LogP contribution in [-0.2, 0) is 4.79 Å². The molecule has 0 saturated carbocycles. The highest BCUT2D eigenvalue weighted by molar-refractivity contribution is 8.00. The molecule has 0 aliphatic carbocycles. The van der Waals surface area contributed by atoms with Gasteiger partial charge in [-0.2, -0.15) is 0 Å². The molecule has 22 heavy (non-hydrogen) atoms. The highest BCUT2D eigenvalue weighted by Crippen LogP contribution is 2.25. The third kappa shape index (κ3) is 3.72. The number of para-hydroxylation sites is 1. The molecule has 0 aliphatic rings. The maximum atomic E-state index is 12.2. The van der Waals surface area contributed by atoms with E-state index < -0.39 is 0 Å². The normalized spacial score (nSPS) is 12.4. The quantitative estimate of drug-likeness (QED) is 0.646. The lowest BCUT2D eigenvalue weighted by atomic mass is 10.2. The third-order valence-corrected chi connectivity index (χ3v) is 4.38. The van der Waals surface area contributed by atoms with Crippen molar-refractivity contribution in [2.24, 2.45) is 0 Å². The zero-order chi connectivity index (χ0) is 16.3. The molecule has 0 aliphatic heterocycles. The number of thioether (sulfide) groups is 1. The van der Waals surface area contributed by atoms with Crippen molar-refractivity contribution in [1.29, 1.82) is 0 Å². The maximum Gasteiger partial charge on any atom is 0.237 e. The van der Waals surface area contributed by atoms with Crippen molar-refractivity contribution in [3.8, 4) is 0 Å². The van der Waals surface area contributed by atoms with Gasteiger partial charge in [-0.05, 0) is 19.1 Å². The predicted octanol–water partition coefficient (Wildman–Crippen LogP) is 2.89. The maximum absolute atomic E-state index is 12.2. The summed E-state index contributed by atoms with van der Waals surface area (Å²) in [6.45, 7) is 5.74. The standard InChI is InChI=1S/C14H18ClN5OS/c1-8(2)12-18-19-14(20(12)16)22-9(3)13(21)17-11-7-5-4-6-10(11)15/h4-9H,16H2,1-3H3,(H,17,21)/t9-/m1/s1. The average Bonchev–Trinajstić information content (AvgIpc) is 2.82. The number of aromatic nitrogens is 3.